The van der Waals surface area contributed by atoms with Crippen LogP contribution in [-0.4, -0.2) is 15.9 Å². The molecule has 0 amide bonds. The van der Waals surface area contributed by atoms with Gasteiger partial charge in [0.05, 0.1) is 0 Å². The van der Waals surface area contributed by atoms with E-state index in [2.05, 4.69) is 81.4 Å². The van der Waals surface area contributed by atoms with E-state index in [1.165, 1.54) is 42.6 Å². The van der Waals surface area contributed by atoms with Crippen molar-refractivity contribution < 1.29 is 34.4 Å². The van der Waals surface area contributed by atoms with E-state index in [0.29, 0.717) is 0 Å². The zero-order valence-electron chi connectivity index (χ0n) is 30.6. The second kappa shape index (κ2) is 14.9. The molecule has 6 aromatic rings. The molecule has 3 aromatic heterocycles. The van der Waals surface area contributed by atoms with E-state index >= 15 is 0 Å². The Balaban J connectivity index is 0.000000260. The van der Waals surface area contributed by atoms with Gasteiger partial charge in [-0.25, -0.2) is 0 Å². The molecule has 0 aliphatic carbocycles. The summed E-state index contributed by atoms with van der Waals surface area (Å²) in [6.07, 6.45) is 6.68. The molecule has 261 valence electrons. The smallest absolute Gasteiger partial charge is 0.164 e. The summed E-state index contributed by atoms with van der Waals surface area (Å²) in [6, 6.07) is 23.0. The minimum atomic E-state index is -0.337. The number of allylic oxidation sites excluding steroid dienone is 2. The average molecular weight is 853 g/mol. The van der Waals surface area contributed by atoms with Gasteiger partial charge in [-0.1, -0.05) is 91.5 Å². The maximum Gasteiger partial charge on any atom is 0.164 e. The summed E-state index contributed by atoms with van der Waals surface area (Å²) in [5.41, 5.74) is 3.75. The number of aliphatic hydroxyl groups excluding tert-OH is 1. The van der Waals surface area contributed by atoms with Gasteiger partial charge in [-0.15, -0.1) is 40.5 Å². The molecule has 0 saturated heterocycles. The fourth-order valence-corrected chi connectivity index (χ4v) is 7.56. The fourth-order valence-electron chi connectivity index (χ4n) is 6.25. The van der Waals surface area contributed by atoms with E-state index in [-0.39, 0.29) is 47.9 Å². The molecule has 1 N–H and O–H groups in total. The molecule has 1 radical (unpaired) electrons. The molecule has 4 nitrogen and oxygen atoms in total. The summed E-state index contributed by atoms with van der Waals surface area (Å²) in [5.74, 6) is 1.23. The average Bonchev–Trinajstić information content (AvgIpc) is 3.66. The molecular weight excluding hydrogens is 803 g/mol. The molecule has 0 unspecified atom stereocenters. The Morgan fingerprint density at radius 3 is 2.10 bits per heavy atom. The predicted octanol–water partition coefficient (Wildman–Crippen LogP) is 13.1. The molecule has 6 rings (SSSR count). The Bertz CT molecular complexity index is 2140. The Morgan fingerprint density at radius 2 is 1.47 bits per heavy atom. The van der Waals surface area contributed by atoms with Gasteiger partial charge in [-0.2, -0.15) is 0 Å². The third-order valence-corrected chi connectivity index (χ3v) is 11.9. The van der Waals surface area contributed by atoms with Gasteiger partial charge in [0, 0.05) is 69.1 Å². The summed E-state index contributed by atoms with van der Waals surface area (Å²) >= 11 is 1.80. The maximum atomic E-state index is 12.2. The van der Waals surface area contributed by atoms with Crippen LogP contribution in [0.5, 0.6) is 0 Å². The van der Waals surface area contributed by atoms with Crippen molar-refractivity contribution >= 4 is 59.0 Å². The van der Waals surface area contributed by atoms with E-state index < -0.39 is 0 Å². The summed E-state index contributed by atoms with van der Waals surface area (Å²) in [6.45, 7) is 20.9. The molecule has 6 heteroatoms. The second-order valence-electron chi connectivity index (χ2n) is 14.7. The second-order valence-corrected chi connectivity index (χ2v) is 15.7. The molecule has 3 aromatic carbocycles. The first-order chi connectivity index (χ1) is 22.7. The van der Waals surface area contributed by atoms with Crippen LogP contribution in [0.4, 0.5) is 0 Å². The minimum Gasteiger partial charge on any atom is -0.512 e. The molecule has 3 heterocycles. The molecule has 0 spiro atoms. The monoisotopic (exact) mass is 853 g/mol. The van der Waals surface area contributed by atoms with Gasteiger partial charge < -0.3 is 9.52 Å². The standard InChI is InChI=1S/C28H22NOS.C15H28O2.Ir/c1-16-13-22-24(30-16)10-9-20-21-11-12-29-25(27(21)31-26(20)22)18-14-17-7-5-6-8-19(17)23(15-18)28(2,3)4;1-7-14(5,8-2)12(16)11-13(17)15(6,9-3)10-4;/h5-13,15H,1-4H3;11,16H,7-10H2,1-6H3;/q-1;;/b;12-11-;. The van der Waals surface area contributed by atoms with E-state index in [1.54, 1.807) is 11.3 Å². The molecule has 49 heavy (non-hydrogen) atoms. The van der Waals surface area contributed by atoms with Gasteiger partial charge >= 0.3 is 0 Å². The summed E-state index contributed by atoms with van der Waals surface area (Å²) < 4.78 is 8.34. The number of aliphatic hydroxyl groups is 1. The summed E-state index contributed by atoms with van der Waals surface area (Å²) in [7, 11) is 0. The van der Waals surface area contributed by atoms with Gasteiger partial charge in [0.2, 0.25) is 0 Å². The van der Waals surface area contributed by atoms with Crippen LogP contribution < -0.4 is 0 Å². The van der Waals surface area contributed by atoms with Gasteiger partial charge in [0.15, 0.2) is 5.78 Å². The number of hydrogen-bond donors (Lipinski definition) is 1. The maximum absolute atomic E-state index is 12.2. The summed E-state index contributed by atoms with van der Waals surface area (Å²) in [5, 5.41) is 16.2. The van der Waals surface area contributed by atoms with Crippen molar-refractivity contribution in [1.29, 1.82) is 0 Å². The Hall–Kier alpha value is -3.31. The third kappa shape index (κ3) is 7.43. The number of rotatable bonds is 8. The normalized spacial score (nSPS) is 12.7. The van der Waals surface area contributed by atoms with Crippen molar-refractivity contribution in [1.82, 2.24) is 4.98 Å². The van der Waals surface area contributed by atoms with Gasteiger partial charge in [0.25, 0.3) is 0 Å². The van der Waals surface area contributed by atoms with Crippen LogP contribution in [0.2, 0.25) is 0 Å². The Morgan fingerprint density at radius 1 is 0.837 bits per heavy atom. The molecule has 0 saturated carbocycles. The van der Waals surface area contributed by atoms with E-state index in [9.17, 15) is 9.90 Å². The van der Waals surface area contributed by atoms with Crippen molar-refractivity contribution in [3.05, 3.63) is 90.0 Å². The number of fused-ring (bicyclic) bond motifs is 6. The van der Waals surface area contributed by atoms with Crippen molar-refractivity contribution in [3.8, 4) is 11.3 Å². The topological polar surface area (TPSA) is 63.3 Å². The number of aromatic nitrogens is 1. The first-order valence-electron chi connectivity index (χ1n) is 17.3. The van der Waals surface area contributed by atoms with Crippen LogP contribution in [0.3, 0.4) is 0 Å². The Labute approximate surface area is 309 Å². The number of benzene rings is 3. The zero-order chi connectivity index (χ0) is 35.0. The van der Waals surface area contributed by atoms with E-state index in [4.69, 9.17) is 9.40 Å². The van der Waals surface area contributed by atoms with Crippen molar-refractivity contribution in [3.63, 3.8) is 0 Å². The molecule has 0 aliphatic rings. The zero-order valence-corrected chi connectivity index (χ0v) is 33.8. The number of furan rings is 1. The SMILES string of the molecule is CCC(C)(CC)C(=O)/C=C(\O)C(C)(CC)CC.Cc1cc2c(ccc3c4ccnc(-c5[c-]c6ccccc6c(C(C)(C)C)c5)c4sc23)o1.[Ir]. The first kappa shape index (κ1) is 38.5. The number of hydrogen-bond acceptors (Lipinski definition) is 5. The van der Waals surface area contributed by atoms with Crippen LogP contribution in [0, 0.1) is 23.8 Å². The van der Waals surface area contributed by atoms with Crippen molar-refractivity contribution in [2.24, 2.45) is 10.8 Å². The fraction of sp³-hybridized carbons (Fsp3) is 0.395. The third-order valence-electron chi connectivity index (χ3n) is 10.6. The van der Waals surface area contributed by atoms with Gasteiger partial charge in [-0.05, 0) is 67.7 Å². The number of carbonyl (C=O) groups is 1. The van der Waals surface area contributed by atoms with Crippen LogP contribution in [-0.2, 0) is 30.3 Å². The predicted molar refractivity (Wildman–Crippen MR) is 205 cm³/mol. The van der Waals surface area contributed by atoms with Gasteiger partial charge in [-0.3, -0.25) is 9.78 Å². The number of nitrogens with zero attached hydrogens (tertiary/aromatic N) is 1. The summed E-state index contributed by atoms with van der Waals surface area (Å²) in [4.78, 5) is 17.0. The van der Waals surface area contributed by atoms with Crippen molar-refractivity contribution in [2.75, 3.05) is 0 Å². The molecule has 0 bridgehead atoms. The Kier molecular flexibility index (Phi) is 11.7. The molecular formula is C43H50IrNO3S-. The quantitative estimate of drug-likeness (QED) is 0.0941. The first-order valence-corrected chi connectivity index (χ1v) is 18.1. The number of carbonyl (C=O) groups excluding carboxylic acids is 1. The molecule has 0 atom stereocenters. The van der Waals surface area contributed by atoms with E-state index in [1.807, 2.05) is 54.7 Å². The number of thiophene rings is 1. The van der Waals surface area contributed by atoms with Crippen LogP contribution in [0.25, 0.3) is 53.2 Å². The number of ketones is 1. The largest absolute Gasteiger partial charge is 0.512 e. The van der Waals surface area contributed by atoms with E-state index in [0.717, 1.165) is 53.7 Å². The minimum absolute atomic E-state index is 0. The van der Waals surface area contributed by atoms with Crippen LogP contribution >= 0.6 is 11.3 Å². The molecule has 0 aliphatic heterocycles. The van der Waals surface area contributed by atoms with Crippen molar-refractivity contribution in [2.45, 2.75) is 100 Å². The van der Waals surface area contributed by atoms with Crippen LogP contribution in [0.1, 0.15) is 99.3 Å². The number of pyridine rings is 1. The van der Waals surface area contributed by atoms with Crippen LogP contribution in [0.15, 0.2) is 77.0 Å². The number of aryl methyl sites for hydroxylation is 1. The van der Waals surface area contributed by atoms with Gasteiger partial charge in [0.1, 0.15) is 17.1 Å². The molecule has 0 fully saturated rings.